The van der Waals surface area contributed by atoms with Crippen molar-refractivity contribution in [1.29, 1.82) is 0 Å². The Hall–Kier alpha value is -4.08. The number of nitrogens with zero attached hydrogens (tertiary/aromatic N) is 4. The number of anilines is 1. The molecule has 1 saturated heterocycles. The Bertz CT molecular complexity index is 1960. The van der Waals surface area contributed by atoms with Crippen molar-refractivity contribution in [1.82, 2.24) is 24.6 Å². The summed E-state index contributed by atoms with van der Waals surface area (Å²) >= 11 is 0. The lowest BCUT2D eigenvalue weighted by Gasteiger charge is -2.31. The molecule has 0 bridgehead atoms. The Morgan fingerprint density at radius 1 is 0.966 bits per heavy atom. The fourth-order valence-corrected chi connectivity index (χ4v) is 8.71. The first-order chi connectivity index (χ1) is 28.4. The maximum absolute atomic E-state index is 14.7. The van der Waals surface area contributed by atoms with Crippen molar-refractivity contribution in [2.75, 3.05) is 18.9 Å². The second-order valence-corrected chi connectivity index (χ2v) is 17.1. The Kier molecular flexibility index (Phi) is 17.5. The van der Waals surface area contributed by atoms with Crippen LogP contribution in [-0.4, -0.2) is 61.6 Å². The lowest BCUT2D eigenvalue weighted by atomic mass is 10.0. The quantitative estimate of drug-likeness (QED) is 0.0237. The third kappa shape index (κ3) is 14.0. The molecule has 0 spiro atoms. The number of aromatic nitrogens is 4. The highest BCUT2D eigenvalue weighted by Crippen LogP contribution is 2.48. The summed E-state index contributed by atoms with van der Waals surface area (Å²) in [6, 6.07) is 9.45. The lowest BCUT2D eigenvalue weighted by molar-refractivity contribution is -0.146. The van der Waals surface area contributed by atoms with E-state index in [9.17, 15) is 27.6 Å². The maximum Gasteiger partial charge on any atom is 0.459 e. The number of benzene rings is 2. The average molecular weight is 847 g/mol. The van der Waals surface area contributed by atoms with Crippen LogP contribution in [0, 0.1) is 17.7 Å². The van der Waals surface area contributed by atoms with E-state index in [0.29, 0.717) is 12.5 Å². The molecule has 5 atom stereocenters. The molecular formula is C42H58F3N6O7P. The number of imidazole rings is 1. The molecule has 13 nitrogen and oxygen atoms in total. The largest absolute Gasteiger partial charge is 0.465 e. The molecule has 59 heavy (non-hydrogen) atoms. The van der Waals surface area contributed by atoms with Gasteiger partial charge in [-0.1, -0.05) is 109 Å². The van der Waals surface area contributed by atoms with Gasteiger partial charge in [0.1, 0.15) is 35.3 Å². The minimum Gasteiger partial charge on any atom is -0.465 e. The molecule has 1 fully saturated rings. The number of nitrogens with one attached hydrogen (secondary N) is 1. The van der Waals surface area contributed by atoms with Crippen LogP contribution in [0.25, 0.3) is 11.2 Å². The van der Waals surface area contributed by atoms with Gasteiger partial charge in [-0.3, -0.25) is 13.9 Å². The van der Waals surface area contributed by atoms with Gasteiger partial charge < -0.3 is 24.8 Å². The molecule has 0 radical (unpaired) electrons. The number of carbonyl (C=O) groups excluding carboxylic acids is 1. The van der Waals surface area contributed by atoms with Crippen LogP contribution in [0.2, 0.25) is 0 Å². The summed E-state index contributed by atoms with van der Waals surface area (Å²) in [5, 5.41) is 13.9. The topological polar surface area (TPSA) is 173 Å². The first-order valence-electron chi connectivity index (χ1n) is 20.8. The van der Waals surface area contributed by atoms with Crippen molar-refractivity contribution in [3.8, 4) is 5.75 Å². The number of nitrogens with two attached hydrogens (primary N) is 1. The van der Waals surface area contributed by atoms with E-state index in [4.69, 9.17) is 24.3 Å². The Morgan fingerprint density at radius 3 is 2.20 bits per heavy atom. The summed E-state index contributed by atoms with van der Waals surface area (Å²) < 4.78 is 82.3. The monoisotopic (exact) mass is 846 g/mol. The number of halogens is 3. The van der Waals surface area contributed by atoms with Crippen molar-refractivity contribution >= 4 is 30.7 Å². The number of unbranched alkanes of at least 4 members (excludes halogenated alkanes) is 13. The molecular weight excluding hydrogens is 788 g/mol. The zero-order valence-electron chi connectivity index (χ0n) is 34.0. The molecule has 17 heteroatoms. The van der Waals surface area contributed by atoms with Gasteiger partial charge in [-0.25, -0.2) is 18.3 Å². The van der Waals surface area contributed by atoms with E-state index >= 15 is 0 Å². The number of aliphatic hydroxyl groups excluding tert-OH is 1. The second kappa shape index (κ2) is 22.5. The molecule has 1 aliphatic heterocycles. The summed E-state index contributed by atoms with van der Waals surface area (Å²) in [6.45, 7) is 3.30. The minimum absolute atomic E-state index is 0.0204. The summed E-state index contributed by atoms with van der Waals surface area (Å²) in [7, 11) is -4.58. The van der Waals surface area contributed by atoms with Gasteiger partial charge in [0.25, 0.3) is 0 Å². The van der Waals surface area contributed by atoms with Crippen LogP contribution in [0.4, 0.5) is 19.0 Å². The van der Waals surface area contributed by atoms with Crippen molar-refractivity contribution in [2.45, 2.75) is 141 Å². The molecule has 0 saturated carbocycles. The average Bonchev–Trinajstić information content (AvgIpc) is 3.75. The van der Waals surface area contributed by atoms with Crippen molar-refractivity contribution in [2.24, 2.45) is 0 Å². The fourth-order valence-electron chi connectivity index (χ4n) is 7.13. The molecule has 4 N–H and O–H groups in total. The zero-order valence-corrected chi connectivity index (χ0v) is 34.9. The molecule has 3 heterocycles. The van der Waals surface area contributed by atoms with Crippen molar-refractivity contribution < 1.29 is 46.2 Å². The van der Waals surface area contributed by atoms with E-state index in [1.807, 2.05) is 0 Å². The SMILES string of the molecule is CCCCCCCCCCCCCCCCOC(=O)[C@H](Cc1cc(F)cc(F)c1)N[P@](=O)(OC[C@@]1(C)O[C@@H](n2cnc3c(N)nc(F)nc32)C[C@@H]1O)Oc1ccccc1. The highest BCUT2D eigenvalue weighted by Gasteiger charge is 2.48. The smallest absolute Gasteiger partial charge is 0.459 e. The lowest BCUT2D eigenvalue weighted by Crippen LogP contribution is -2.43. The van der Waals surface area contributed by atoms with E-state index < -0.39 is 62.0 Å². The number of fused-ring (bicyclic) bond motifs is 1. The number of ether oxygens (including phenoxy) is 2. The summed E-state index contributed by atoms with van der Waals surface area (Å²) in [5.74, 6) is -2.59. The van der Waals surface area contributed by atoms with Gasteiger partial charge in [-0.05, 0) is 49.6 Å². The Balaban J connectivity index is 1.21. The third-order valence-electron chi connectivity index (χ3n) is 10.5. The molecule has 0 amide bonds. The van der Waals surface area contributed by atoms with Crippen LogP contribution in [0.3, 0.4) is 0 Å². The highest BCUT2D eigenvalue weighted by atomic mass is 31.2. The molecule has 0 aliphatic carbocycles. The molecule has 4 aromatic rings. The molecule has 5 rings (SSSR count). The van der Waals surface area contributed by atoms with Gasteiger partial charge in [0.15, 0.2) is 17.0 Å². The first kappa shape index (κ1) is 46.0. The van der Waals surface area contributed by atoms with Gasteiger partial charge >= 0.3 is 19.8 Å². The van der Waals surface area contributed by atoms with Gasteiger partial charge in [0, 0.05) is 12.5 Å². The van der Waals surface area contributed by atoms with E-state index in [1.54, 1.807) is 18.2 Å². The van der Waals surface area contributed by atoms with E-state index in [1.165, 1.54) is 87.7 Å². The minimum atomic E-state index is -4.58. The first-order valence-corrected chi connectivity index (χ1v) is 22.3. The van der Waals surface area contributed by atoms with E-state index in [-0.39, 0.29) is 47.7 Å². The zero-order chi connectivity index (χ0) is 42.3. The van der Waals surface area contributed by atoms with Crippen LogP contribution in [-0.2, 0) is 29.8 Å². The number of aliphatic hydroxyl groups is 1. The maximum atomic E-state index is 14.7. The number of nitrogen functional groups attached to an aromatic ring is 1. The van der Waals surface area contributed by atoms with Crippen molar-refractivity contribution in [3.63, 3.8) is 0 Å². The number of para-hydroxylation sites is 1. The van der Waals surface area contributed by atoms with Crippen LogP contribution in [0.1, 0.15) is 122 Å². The predicted molar refractivity (Wildman–Crippen MR) is 218 cm³/mol. The Morgan fingerprint density at radius 2 is 1.58 bits per heavy atom. The van der Waals surface area contributed by atoms with Crippen LogP contribution >= 0.6 is 7.75 Å². The van der Waals surface area contributed by atoms with Gasteiger partial charge in [0.2, 0.25) is 0 Å². The second-order valence-electron chi connectivity index (χ2n) is 15.4. The Labute approximate surface area is 344 Å². The van der Waals surface area contributed by atoms with Crippen molar-refractivity contribution in [3.05, 3.63) is 78.1 Å². The van der Waals surface area contributed by atoms with Gasteiger partial charge in [0.05, 0.1) is 25.6 Å². The van der Waals surface area contributed by atoms with Crippen LogP contribution in [0.5, 0.6) is 5.75 Å². The molecule has 0 unspecified atom stereocenters. The molecule has 2 aromatic heterocycles. The van der Waals surface area contributed by atoms with Gasteiger partial charge in [-0.2, -0.15) is 19.4 Å². The number of hydrogen-bond donors (Lipinski definition) is 3. The van der Waals surface area contributed by atoms with Crippen LogP contribution in [0.15, 0.2) is 54.9 Å². The number of rotatable bonds is 26. The molecule has 324 valence electrons. The standard InChI is InChI=1S/C42H58F3N6O7P/c1-3-4-5-6-7-8-9-10-11-12-13-14-15-19-22-55-40(53)34(25-30-23-31(43)26-32(44)24-30)50-59(54,58-33-20-17-16-18-21-33)56-28-42(2)35(52)27-36(57-42)51-29-47-37-38(46)48-41(45)49-39(37)51/h16-18,20-21,23-24,26,29,34-36,52H,3-15,19,22,25,27-28H2,1-2H3,(H,50,54)(H2,46,48,49)/t34-,35-,36+,42+,59-/m0/s1. The predicted octanol–water partition coefficient (Wildman–Crippen LogP) is 9.29. The summed E-state index contributed by atoms with van der Waals surface area (Å²) in [6.07, 6.45) is 14.1. The molecule has 1 aliphatic rings. The number of hydrogen-bond acceptors (Lipinski definition) is 11. The van der Waals surface area contributed by atoms with E-state index in [0.717, 1.165) is 37.8 Å². The number of carbonyl (C=O) groups is 1. The molecule has 2 aromatic carbocycles. The summed E-state index contributed by atoms with van der Waals surface area (Å²) in [5.41, 5.74) is 4.57. The fraction of sp³-hybridized carbons (Fsp3) is 0.571. The van der Waals surface area contributed by atoms with Crippen LogP contribution < -0.4 is 15.3 Å². The highest BCUT2D eigenvalue weighted by molar-refractivity contribution is 7.52. The van der Waals surface area contributed by atoms with E-state index in [2.05, 4.69) is 27.0 Å². The third-order valence-corrected chi connectivity index (χ3v) is 12.0. The normalized spacial score (nSPS) is 19.5. The number of esters is 1. The van der Waals surface area contributed by atoms with Gasteiger partial charge in [-0.15, -0.1) is 0 Å². The summed E-state index contributed by atoms with van der Waals surface area (Å²) in [4.78, 5) is 25.1.